The highest BCUT2D eigenvalue weighted by Crippen LogP contribution is 2.06. The number of rotatable bonds is 7. The molecule has 2 rings (SSSR count). The Kier molecular flexibility index (Phi) is 5.04. The molecular weight excluding hydrogens is 270 g/mol. The Hall–Kier alpha value is -2.22. The highest BCUT2D eigenvalue weighted by atomic mass is 16.2. The van der Waals surface area contributed by atoms with Crippen LogP contribution in [-0.4, -0.2) is 55.4 Å². The van der Waals surface area contributed by atoms with Crippen LogP contribution < -0.4 is 5.32 Å². The summed E-state index contributed by atoms with van der Waals surface area (Å²) in [6, 6.07) is 0. The number of hydrogen-bond donors (Lipinski definition) is 2. The largest absolute Gasteiger partial charge is 0.316 e. The van der Waals surface area contributed by atoms with Crippen molar-refractivity contribution in [2.75, 3.05) is 25.0 Å². The molecule has 1 amide bonds. The van der Waals surface area contributed by atoms with Crippen LogP contribution in [0.2, 0.25) is 0 Å². The van der Waals surface area contributed by atoms with E-state index in [4.69, 9.17) is 0 Å². The summed E-state index contributed by atoms with van der Waals surface area (Å²) in [6.07, 6.45) is 3.43. The van der Waals surface area contributed by atoms with Gasteiger partial charge in [0.2, 0.25) is 5.82 Å². The van der Waals surface area contributed by atoms with Crippen molar-refractivity contribution in [3.8, 4) is 0 Å². The van der Waals surface area contributed by atoms with Crippen molar-refractivity contribution in [3.63, 3.8) is 0 Å². The summed E-state index contributed by atoms with van der Waals surface area (Å²) >= 11 is 0. The smallest absolute Gasteiger partial charge is 0.295 e. The topological polar surface area (TPSA) is 91.7 Å². The minimum Gasteiger partial charge on any atom is -0.316 e. The summed E-state index contributed by atoms with van der Waals surface area (Å²) in [7, 11) is 0. The van der Waals surface area contributed by atoms with Gasteiger partial charge < -0.3 is 10.2 Å². The molecule has 0 atom stereocenters. The van der Waals surface area contributed by atoms with E-state index in [0.717, 1.165) is 26.2 Å². The number of amides is 1. The van der Waals surface area contributed by atoms with Gasteiger partial charge in [0, 0.05) is 12.7 Å². The van der Waals surface area contributed by atoms with Crippen LogP contribution in [0.4, 0.5) is 5.69 Å². The number of H-pyrrole nitrogens is 1. The van der Waals surface area contributed by atoms with Crippen LogP contribution in [0, 0.1) is 6.92 Å². The molecule has 0 aliphatic rings. The Labute approximate surface area is 123 Å². The zero-order valence-corrected chi connectivity index (χ0v) is 12.6. The number of likely N-dealkylation sites (N-methyl/N-ethyl adjacent to an activating group) is 1. The van der Waals surface area contributed by atoms with E-state index >= 15 is 0 Å². The summed E-state index contributed by atoms with van der Waals surface area (Å²) in [5, 5.41) is 13.4. The van der Waals surface area contributed by atoms with Crippen molar-refractivity contribution >= 4 is 11.6 Å². The number of carbonyl (C=O) groups is 1. The molecule has 8 heteroatoms. The quantitative estimate of drug-likeness (QED) is 0.791. The monoisotopic (exact) mass is 291 g/mol. The van der Waals surface area contributed by atoms with E-state index in [9.17, 15) is 4.79 Å². The van der Waals surface area contributed by atoms with Gasteiger partial charge in [0.15, 0.2) is 0 Å². The minimum atomic E-state index is -0.345. The number of aromatic amines is 1. The van der Waals surface area contributed by atoms with E-state index in [1.807, 2.05) is 4.68 Å². The van der Waals surface area contributed by atoms with Crippen LogP contribution in [-0.2, 0) is 6.54 Å². The second-order valence-electron chi connectivity index (χ2n) is 4.72. The summed E-state index contributed by atoms with van der Waals surface area (Å²) < 4.78 is 1.82. The highest BCUT2D eigenvalue weighted by molar-refractivity contribution is 6.01. The average molecular weight is 291 g/mol. The molecule has 0 spiro atoms. The fourth-order valence-corrected chi connectivity index (χ4v) is 1.97. The average Bonchev–Trinajstić information content (AvgIpc) is 3.09. The molecule has 8 nitrogen and oxygen atoms in total. The zero-order chi connectivity index (χ0) is 15.2. The summed E-state index contributed by atoms with van der Waals surface area (Å²) in [4.78, 5) is 18.2. The molecule has 0 saturated carbocycles. The fraction of sp³-hybridized carbons (Fsp3) is 0.538. The van der Waals surface area contributed by atoms with E-state index in [1.54, 1.807) is 19.3 Å². The molecule has 2 aromatic heterocycles. The Morgan fingerprint density at radius 1 is 1.43 bits per heavy atom. The van der Waals surface area contributed by atoms with E-state index < -0.39 is 0 Å². The molecule has 2 heterocycles. The number of anilines is 1. The molecule has 2 N–H and O–H groups in total. The molecule has 21 heavy (non-hydrogen) atoms. The number of hydrogen-bond acceptors (Lipinski definition) is 5. The number of aromatic nitrogens is 5. The number of nitrogens with zero attached hydrogens (tertiary/aromatic N) is 5. The van der Waals surface area contributed by atoms with E-state index in [-0.39, 0.29) is 11.7 Å². The predicted molar refractivity (Wildman–Crippen MR) is 79.1 cm³/mol. The van der Waals surface area contributed by atoms with Crippen LogP contribution in [0.15, 0.2) is 12.4 Å². The molecular formula is C13H21N7O. The van der Waals surface area contributed by atoms with Crippen LogP contribution in [0.1, 0.15) is 30.3 Å². The fourth-order valence-electron chi connectivity index (χ4n) is 1.97. The molecule has 0 aliphatic heterocycles. The second-order valence-corrected chi connectivity index (χ2v) is 4.72. The van der Waals surface area contributed by atoms with E-state index in [0.29, 0.717) is 11.5 Å². The molecule has 2 aromatic rings. The third-order valence-electron chi connectivity index (χ3n) is 3.23. The van der Waals surface area contributed by atoms with Crippen LogP contribution >= 0.6 is 0 Å². The van der Waals surface area contributed by atoms with Gasteiger partial charge in [-0.3, -0.25) is 14.6 Å². The van der Waals surface area contributed by atoms with Gasteiger partial charge in [-0.25, -0.2) is 4.98 Å². The maximum absolute atomic E-state index is 11.9. The lowest BCUT2D eigenvalue weighted by molar-refractivity contribution is 0.101. The normalized spacial score (nSPS) is 11.0. The lowest BCUT2D eigenvalue weighted by Gasteiger charge is -2.17. The molecule has 0 saturated heterocycles. The number of nitrogens with one attached hydrogen (secondary N) is 2. The Bertz CT molecular complexity index is 585. The standard InChI is InChI=1S/C13H21N7O/c1-4-19(5-2)6-7-20-9-11(8-14-20)16-13(21)12-15-10(3)17-18-12/h8-9H,4-7H2,1-3H3,(H,16,21)(H,15,17,18). The summed E-state index contributed by atoms with van der Waals surface area (Å²) in [5.41, 5.74) is 0.641. The predicted octanol–water partition coefficient (Wildman–Crippen LogP) is 0.904. The Morgan fingerprint density at radius 3 is 2.81 bits per heavy atom. The highest BCUT2D eigenvalue weighted by Gasteiger charge is 2.12. The van der Waals surface area contributed by atoms with E-state index in [1.165, 1.54) is 0 Å². The summed E-state index contributed by atoms with van der Waals surface area (Å²) in [6.45, 7) is 9.78. The van der Waals surface area contributed by atoms with Crippen molar-refractivity contribution < 1.29 is 4.79 Å². The maximum Gasteiger partial charge on any atom is 0.295 e. The molecule has 0 fully saturated rings. The van der Waals surface area contributed by atoms with Gasteiger partial charge in [-0.05, 0) is 20.0 Å². The van der Waals surface area contributed by atoms with Crippen molar-refractivity contribution in [3.05, 3.63) is 24.0 Å². The van der Waals surface area contributed by atoms with E-state index in [2.05, 4.69) is 44.3 Å². The van der Waals surface area contributed by atoms with Gasteiger partial charge in [-0.1, -0.05) is 13.8 Å². The third-order valence-corrected chi connectivity index (χ3v) is 3.23. The van der Waals surface area contributed by atoms with Gasteiger partial charge in [0.05, 0.1) is 18.4 Å². The molecule has 0 aliphatic carbocycles. The van der Waals surface area contributed by atoms with Gasteiger partial charge >= 0.3 is 0 Å². The minimum absolute atomic E-state index is 0.128. The second kappa shape index (κ2) is 6.98. The Balaban J connectivity index is 1.89. The molecule has 0 radical (unpaired) electrons. The van der Waals surface area contributed by atoms with Gasteiger partial charge in [-0.2, -0.15) is 5.10 Å². The summed E-state index contributed by atoms with van der Waals surface area (Å²) in [5.74, 6) is 0.390. The van der Waals surface area contributed by atoms with Gasteiger partial charge in [-0.15, -0.1) is 5.10 Å². The first-order chi connectivity index (χ1) is 10.1. The molecule has 0 bridgehead atoms. The third kappa shape index (κ3) is 4.12. The first kappa shape index (κ1) is 15.2. The van der Waals surface area contributed by atoms with Gasteiger partial charge in [0.25, 0.3) is 5.91 Å². The number of aryl methyl sites for hydroxylation is 1. The van der Waals surface area contributed by atoms with Crippen LogP contribution in [0.25, 0.3) is 0 Å². The van der Waals surface area contributed by atoms with Crippen molar-refractivity contribution in [1.82, 2.24) is 29.9 Å². The Morgan fingerprint density at radius 2 is 2.19 bits per heavy atom. The van der Waals surface area contributed by atoms with Crippen LogP contribution in [0.5, 0.6) is 0 Å². The lowest BCUT2D eigenvalue weighted by atomic mass is 10.4. The molecule has 0 aromatic carbocycles. The first-order valence-electron chi connectivity index (χ1n) is 7.07. The number of carbonyl (C=O) groups excluding carboxylic acids is 1. The first-order valence-corrected chi connectivity index (χ1v) is 7.07. The SMILES string of the molecule is CCN(CC)CCn1cc(NC(=O)c2n[nH]c(C)n2)cn1. The van der Waals surface area contributed by atoms with Crippen molar-refractivity contribution in [1.29, 1.82) is 0 Å². The lowest BCUT2D eigenvalue weighted by Crippen LogP contribution is -2.27. The molecule has 114 valence electrons. The van der Waals surface area contributed by atoms with Gasteiger partial charge in [0.1, 0.15) is 5.82 Å². The van der Waals surface area contributed by atoms with Crippen molar-refractivity contribution in [2.24, 2.45) is 0 Å². The molecule has 0 unspecified atom stereocenters. The zero-order valence-electron chi connectivity index (χ0n) is 12.6. The van der Waals surface area contributed by atoms with Crippen LogP contribution in [0.3, 0.4) is 0 Å². The van der Waals surface area contributed by atoms with Crippen molar-refractivity contribution in [2.45, 2.75) is 27.3 Å². The maximum atomic E-state index is 11.9.